The average molecular weight is 407 g/mol. The third-order valence-corrected chi connectivity index (χ3v) is 4.34. The molecule has 6 heteroatoms. The first-order chi connectivity index (χ1) is 11.9. The standard InChI is InChI=1S/C19H23BrN2O3/c1-6-25-18-15(20)10-13(11-17(18)24-5)19(23)21-16-8-7-14(22(3)4)9-12(16)2/h7-11H,6H2,1-5H3,(H,21,23). The van der Waals surface area contributed by atoms with Crippen LogP contribution in [0, 0.1) is 6.92 Å². The summed E-state index contributed by atoms with van der Waals surface area (Å²) in [6, 6.07) is 9.31. The van der Waals surface area contributed by atoms with Crippen LogP contribution in [0.1, 0.15) is 22.8 Å². The Morgan fingerprint density at radius 1 is 1.24 bits per heavy atom. The Morgan fingerprint density at radius 2 is 1.96 bits per heavy atom. The van der Waals surface area contributed by atoms with Gasteiger partial charge in [0.2, 0.25) is 0 Å². The fraction of sp³-hybridized carbons (Fsp3) is 0.316. The largest absolute Gasteiger partial charge is 0.493 e. The van der Waals surface area contributed by atoms with Gasteiger partial charge in [-0.3, -0.25) is 4.79 Å². The van der Waals surface area contributed by atoms with E-state index in [1.807, 2.05) is 51.0 Å². The molecule has 0 aromatic heterocycles. The molecule has 2 rings (SSSR count). The van der Waals surface area contributed by atoms with Crippen LogP contribution in [0.2, 0.25) is 0 Å². The van der Waals surface area contributed by atoms with E-state index in [0.29, 0.717) is 28.1 Å². The van der Waals surface area contributed by atoms with Gasteiger partial charge in [0.25, 0.3) is 5.91 Å². The van der Waals surface area contributed by atoms with E-state index in [0.717, 1.165) is 16.9 Å². The summed E-state index contributed by atoms with van der Waals surface area (Å²) < 4.78 is 11.6. The van der Waals surface area contributed by atoms with Crippen molar-refractivity contribution in [2.45, 2.75) is 13.8 Å². The van der Waals surface area contributed by atoms with E-state index in [2.05, 4.69) is 21.2 Å². The lowest BCUT2D eigenvalue weighted by atomic mass is 10.1. The normalized spacial score (nSPS) is 10.3. The zero-order valence-corrected chi connectivity index (χ0v) is 16.7. The number of carbonyl (C=O) groups excluding carboxylic acids is 1. The van der Waals surface area contributed by atoms with Gasteiger partial charge in [-0.05, 0) is 65.7 Å². The maximum atomic E-state index is 12.6. The summed E-state index contributed by atoms with van der Waals surface area (Å²) in [5, 5.41) is 2.95. The molecule has 5 nitrogen and oxygen atoms in total. The molecule has 25 heavy (non-hydrogen) atoms. The van der Waals surface area contributed by atoms with Crippen molar-refractivity contribution in [1.82, 2.24) is 0 Å². The molecule has 0 unspecified atom stereocenters. The van der Waals surface area contributed by atoms with Gasteiger partial charge >= 0.3 is 0 Å². The fourth-order valence-electron chi connectivity index (χ4n) is 2.40. The minimum Gasteiger partial charge on any atom is -0.493 e. The minimum atomic E-state index is -0.206. The summed E-state index contributed by atoms with van der Waals surface area (Å²) in [5.74, 6) is 0.900. The smallest absolute Gasteiger partial charge is 0.255 e. The summed E-state index contributed by atoms with van der Waals surface area (Å²) >= 11 is 3.44. The summed E-state index contributed by atoms with van der Waals surface area (Å²) in [6.45, 7) is 4.38. The zero-order valence-electron chi connectivity index (χ0n) is 15.1. The van der Waals surface area contributed by atoms with Gasteiger partial charge in [-0.2, -0.15) is 0 Å². The van der Waals surface area contributed by atoms with Gasteiger partial charge in [0.05, 0.1) is 18.2 Å². The van der Waals surface area contributed by atoms with Crippen LogP contribution < -0.4 is 19.7 Å². The maximum Gasteiger partial charge on any atom is 0.255 e. The van der Waals surface area contributed by atoms with Crippen molar-refractivity contribution in [2.75, 3.05) is 38.0 Å². The van der Waals surface area contributed by atoms with E-state index in [1.54, 1.807) is 19.2 Å². The topological polar surface area (TPSA) is 50.8 Å². The first kappa shape index (κ1) is 19.1. The predicted octanol–water partition coefficient (Wildman–Crippen LogP) is 4.48. The van der Waals surface area contributed by atoms with Crippen LogP contribution in [0.3, 0.4) is 0 Å². The summed E-state index contributed by atoms with van der Waals surface area (Å²) in [6.07, 6.45) is 0. The molecule has 0 saturated heterocycles. The van der Waals surface area contributed by atoms with Gasteiger partial charge in [-0.15, -0.1) is 0 Å². The van der Waals surface area contributed by atoms with Gasteiger partial charge in [0, 0.05) is 31.0 Å². The Bertz CT molecular complexity index is 776. The Morgan fingerprint density at radius 3 is 2.52 bits per heavy atom. The van der Waals surface area contributed by atoms with Crippen molar-refractivity contribution in [3.63, 3.8) is 0 Å². The summed E-state index contributed by atoms with van der Waals surface area (Å²) in [7, 11) is 5.52. The van der Waals surface area contributed by atoms with Crippen molar-refractivity contribution < 1.29 is 14.3 Å². The van der Waals surface area contributed by atoms with E-state index in [4.69, 9.17) is 9.47 Å². The van der Waals surface area contributed by atoms with Crippen LogP contribution in [0.15, 0.2) is 34.8 Å². The molecular weight excluding hydrogens is 384 g/mol. The van der Waals surface area contributed by atoms with Gasteiger partial charge < -0.3 is 19.7 Å². The second-order valence-corrected chi connectivity index (χ2v) is 6.62. The van der Waals surface area contributed by atoms with Crippen LogP contribution in [0.5, 0.6) is 11.5 Å². The molecule has 0 spiro atoms. The molecule has 134 valence electrons. The van der Waals surface area contributed by atoms with E-state index in [-0.39, 0.29) is 5.91 Å². The number of amides is 1. The van der Waals surface area contributed by atoms with Crippen LogP contribution >= 0.6 is 15.9 Å². The maximum absolute atomic E-state index is 12.6. The lowest BCUT2D eigenvalue weighted by molar-refractivity contribution is 0.102. The van der Waals surface area contributed by atoms with Crippen molar-refractivity contribution in [3.05, 3.63) is 45.9 Å². The Hall–Kier alpha value is -2.21. The van der Waals surface area contributed by atoms with Gasteiger partial charge in [-0.25, -0.2) is 0 Å². The molecule has 0 aliphatic carbocycles. The average Bonchev–Trinajstić information content (AvgIpc) is 2.58. The Kier molecular flexibility index (Phi) is 6.31. The number of methoxy groups -OCH3 is 1. The monoisotopic (exact) mass is 406 g/mol. The number of hydrogen-bond donors (Lipinski definition) is 1. The molecule has 1 amide bonds. The number of nitrogens with one attached hydrogen (secondary N) is 1. The third kappa shape index (κ3) is 4.45. The second kappa shape index (κ2) is 8.25. The summed E-state index contributed by atoms with van der Waals surface area (Å²) in [5.41, 5.74) is 3.35. The van der Waals surface area contributed by atoms with Crippen LogP contribution in [0.25, 0.3) is 0 Å². The van der Waals surface area contributed by atoms with Gasteiger partial charge in [0.15, 0.2) is 11.5 Å². The quantitative estimate of drug-likeness (QED) is 0.767. The molecule has 0 radical (unpaired) electrons. The van der Waals surface area contributed by atoms with Crippen LogP contribution in [-0.4, -0.2) is 33.7 Å². The number of anilines is 2. The molecule has 0 aliphatic rings. The first-order valence-electron chi connectivity index (χ1n) is 7.97. The number of benzene rings is 2. The van der Waals surface area contributed by atoms with E-state index >= 15 is 0 Å². The van der Waals surface area contributed by atoms with Gasteiger partial charge in [-0.1, -0.05) is 0 Å². The molecule has 0 atom stereocenters. The number of nitrogens with zero attached hydrogens (tertiary/aromatic N) is 1. The predicted molar refractivity (Wildman–Crippen MR) is 105 cm³/mol. The van der Waals surface area contributed by atoms with Crippen molar-refractivity contribution >= 4 is 33.2 Å². The highest BCUT2D eigenvalue weighted by atomic mass is 79.9. The lowest BCUT2D eigenvalue weighted by Gasteiger charge is -2.16. The zero-order chi connectivity index (χ0) is 18.6. The number of aryl methyl sites for hydroxylation is 1. The Labute approximate surface area is 157 Å². The Balaban J connectivity index is 2.28. The van der Waals surface area contributed by atoms with Crippen molar-refractivity contribution in [1.29, 1.82) is 0 Å². The highest BCUT2D eigenvalue weighted by Crippen LogP contribution is 2.37. The highest BCUT2D eigenvalue weighted by Gasteiger charge is 2.16. The number of hydrogen-bond acceptors (Lipinski definition) is 4. The summed E-state index contributed by atoms with van der Waals surface area (Å²) in [4.78, 5) is 14.7. The third-order valence-electron chi connectivity index (χ3n) is 3.75. The molecule has 0 heterocycles. The van der Waals surface area contributed by atoms with Gasteiger partial charge in [0.1, 0.15) is 0 Å². The molecule has 0 saturated carbocycles. The first-order valence-corrected chi connectivity index (χ1v) is 8.76. The fourth-order valence-corrected chi connectivity index (χ4v) is 2.95. The van der Waals surface area contributed by atoms with E-state index < -0.39 is 0 Å². The van der Waals surface area contributed by atoms with E-state index in [9.17, 15) is 4.79 Å². The van der Waals surface area contributed by atoms with E-state index in [1.165, 1.54) is 0 Å². The second-order valence-electron chi connectivity index (χ2n) is 5.77. The number of carbonyl (C=O) groups is 1. The van der Waals surface area contributed by atoms with Crippen LogP contribution in [-0.2, 0) is 0 Å². The van der Waals surface area contributed by atoms with Crippen LogP contribution in [0.4, 0.5) is 11.4 Å². The molecule has 0 fully saturated rings. The highest BCUT2D eigenvalue weighted by molar-refractivity contribution is 9.10. The molecule has 0 aliphatic heterocycles. The number of ether oxygens (including phenoxy) is 2. The SMILES string of the molecule is CCOc1c(Br)cc(C(=O)Nc2ccc(N(C)C)cc2C)cc1OC. The molecule has 2 aromatic rings. The van der Waals surface area contributed by atoms with Crippen molar-refractivity contribution in [2.24, 2.45) is 0 Å². The molecule has 0 bridgehead atoms. The lowest BCUT2D eigenvalue weighted by Crippen LogP contribution is -2.14. The van der Waals surface area contributed by atoms with Crippen molar-refractivity contribution in [3.8, 4) is 11.5 Å². The number of rotatable bonds is 6. The molecular formula is C19H23BrN2O3. The number of halogens is 1. The minimum absolute atomic E-state index is 0.206. The molecule has 1 N–H and O–H groups in total. The molecule has 2 aromatic carbocycles.